The van der Waals surface area contributed by atoms with Gasteiger partial charge in [-0.15, -0.1) is 0 Å². The second kappa shape index (κ2) is 7.65. The fourth-order valence-corrected chi connectivity index (χ4v) is 3.76. The van der Waals surface area contributed by atoms with Crippen molar-refractivity contribution in [1.29, 1.82) is 0 Å². The smallest absolute Gasteiger partial charge is 0.314 e. The van der Waals surface area contributed by atoms with Gasteiger partial charge in [-0.3, -0.25) is 4.79 Å². The molecule has 29 heavy (non-hydrogen) atoms. The average Bonchev–Trinajstić information content (AvgIpc) is 3.51. The van der Waals surface area contributed by atoms with Crippen LogP contribution in [0.25, 0.3) is 16.8 Å². The minimum Gasteiger partial charge on any atom is -0.487 e. The normalized spacial score (nSPS) is 14.0. The summed E-state index contributed by atoms with van der Waals surface area (Å²) in [6, 6.07) is 13.2. The van der Waals surface area contributed by atoms with Crippen LogP contribution in [-0.4, -0.2) is 31.1 Å². The first-order valence-corrected chi connectivity index (χ1v) is 11.4. The number of rotatable bonds is 6. The monoisotopic (exact) mass is 430 g/mol. The van der Waals surface area contributed by atoms with Crippen molar-refractivity contribution < 1.29 is 13.2 Å². The zero-order valence-corrected chi connectivity index (χ0v) is 17.3. The molecule has 0 saturated heterocycles. The SMILES string of the molecule is CS(=O)(=O)c1ccc(-c2cnn(-c3cccc(Cl)c3)c(=O)c2OCC2CC2)cc1. The zero-order valence-electron chi connectivity index (χ0n) is 15.7. The molecule has 1 fully saturated rings. The van der Waals surface area contributed by atoms with Crippen molar-refractivity contribution in [3.63, 3.8) is 0 Å². The van der Waals surface area contributed by atoms with Gasteiger partial charge in [0.05, 0.1) is 23.4 Å². The van der Waals surface area contributed by atoms with E-state index in [1.807, 2.05) is 0 Å². The molecule has 6 nitrogen and oxygen atoms in total. The lowest BCUT2D eigenvalue weighted by molar-refractivity contribution is 0.294. The molecule has 4 rings (SSSR count). The van der Waals surface area contributed by atoms with Gasteiger partial charge >= 0.3 is 5.56 Å². The summed E-state index contributed by atoms with van der Waals surface area (Å²) in [5.41, 5.74) is 1.33. The van der Waals surface area contributed by atoms with E-state index in [4.69, 9.17) is 16.3 Å². The van der Waals surface area contributed by atoms with Crippen LogP contribution in [0.15, 0.2) is 64.4 Å². The molecule has 2 aromatic carbocycles. The molecule has 0 N–H and O–H groups in total. The first-order valence-electron chi connectivity index (χ1n) is 9.14. The molecule has 0 bridgehead atoms. The van der Waals surface area contributed by atoms with Gasteiger partial charge in [-0.05, 0) is 54.7 Å². The first kappa shape index (κ1) is 19.7. The van der Waals surface area contributed by atoms with E-state index in [-0.39, 0.29) is 10.6 Å². The lowest BCUT2D eigenvalue weighted by Crippen LogP contribution is -2.24. The molecule has 3 aromatic rings. The molecule has 1 aliphatic rings. The molecule has 1 heterocycles. The molecule has 0 aliphatic heterocycles. The summed E-state index contributed by atoms with van der Waals surface area (Å²) >= 11 is 6.05. The Morgan fingerprint density at radius 2 is 1.90 bits per heavy atom. The average molecular weight is 431 g/mol. The maximum Gasteiger partial charge on any atom is 0.314 e. The summed E-state index contributed by atoms with van der Waals surface area (Å²) in [6.07, 6.45) is 4.89. The van der Waals surface area contributed by atoms with E-state index in [1.54, 1.807) is 42.6 Å². The summed E-state index contributed by atoms with van der Waals surface area (Å²) < 4.78 is 30.6. The summed E-state index contributed by atoms with van der Waals surface area (Å²) in [4.78, 5) is 13.4. The number of ether oxygens (including phenoxy) is 1. The van der Waals surface area contributed by atoms with E-state index in [1.165, 1.54) is 16.8 Å². The van der Waals surface area contributed by atoms with Crippen LogP contribution in [0.1, 0.15) is 12.8 Å². The molecule has 0 spiro atoms. The van der Waals surface area contributed by atoms with Crippen LogP contribution >= 0.6 is 11.6 Å². The Morgan fingerprint density at radius 3 is 2.52 bits per heavy atom. The minimum atomic E-state index is -3.31. The van der Waals surface area contributed by atoms with E-state index in [0.29, 0.717) is 34.4 Å². The summed E-state index contributed by atoms with van der Waals surface area (Å²) in [6.45, 7) is 0.462. The predicted molar refractivity (Wildman–Crippen MR) is 112 cm³/mol. The van der Waals surface area contributed by atoms with Gasteiger partial charge in [-0.2, -0.15) is 9.78 Å². The van der Waals surface area contributed by atoms with E-state index >= 15 is 0 Å². The van der Waals surface area contributed by atoms with Crippen molar-refractivity contribution in [1.82, 2.24) is 9.78 Å². The molecule has 8 heteroatoms. The van der Waals surface area contributed by atoms with E-state index in [0.717, 1.165) is 19.1 Å². The zero-order chi connectivity index (χ0) is 20.6. The topological polar surface area (TPSA) is 78.3 Å². The number of hydrogen-bond donors (Lipinski definition) is 0. The third-order valence-electron chi connectivity index (χ3n) is 4.74. The van der Waals surface area contributed by atoms with Crippen molar-refractivity contribution in [2.24, 2.45) is 5.92 Å². The van der Waals surface area contributed by atoms with Gasteiger partial charge in [-0.1, -0.05) is 29.8 Å². The molecular weight excluding hydrogens is 412 g/mol. The first-order chi connectivity index (χ1) is 13.8. The largest absolute Gasteiger partial charge is 0.487 e. The van der Waals surface area contributed by atoms with Gasteiger partial charge in [0.25, 0.3) is 0 Å². The van der Waals surface area contributed by atoms with Crippen LogP contribution in [0.4, 0.5) is 0 Å². The van der Waals surface area contributed by atoms with Crippen LogP contribution in [0.2, 0.25) is 5.02 Å². The number of nitrogens with zero attached hydrogens (tertiary/aromatic N) is 2. The predicted octanol–water partition coefficient (Wildman–Crippen LogP) is 3.75. The van der Waals surface area contributed by atoms with E-state index in [2.05, 4.69) is 5.10 Å². The lowest BCUT2D eigenvalue weighted by atomic mass is 10.1. The van der Waals surface area contributed by atoms with Crippen LogP contribution in [0.5, 0.6) is 5.75 Å². The van der Waals surface area contributed by atoms with Gasteiger partial charge in [0.2, 0.25) is 0 Å². The Balaban J connectivity index is 1.80. The molecule has 1 saturated carbocycles. The van der Waals surface area contributed by atoms with Crippen molar-refractivity contribution in [3.05, 3.63) is 70.1 Å². The Labute approximate surface area is 173 Å². The number of halogens is 1. The highest BCUT2D eigenvalue weighted by atomic mass is 35.5. The Hall–Kier alpha value is -2.64. The molecule has 150 valence electrons. The lowest BCUT2D eigenvalue weighted by Gasteiger charge is -2.13. The third kappa shape index (κ3) is 4.36. The summed E-state index contributed by atoms with van der Waals surface area (Å²) in [7, 11) is -3.31. The van der Waals surface area contributed by atoms with Crippen LogP contribution in [0.3, 0.4) is 0 Å². The molecule has 0 amide bonds. The van der Waals surface area contributed by atoms with Crippen molar-refractivity contribution >= 4 is 21.4 Å². The van der Waals surface area contributed by atoms with E-state index in [9.17, 15) is 13.2 Å². The van der Waals surface area contributed by atoms with Crippen molar-refractivity contribution in [2.45, 2.75) is 17.7 Å². The third-order valence-corrected chi connectivity index (χ3v) is 6.10. The molecule has 0 radical (unpaired) electrons. The molecular formula is C21H19ClN2O4S. The van der Waals surface area contributed by atoms with Gasteiger partial charge in [-0.25, -0.2) is 8.42 Å². The number of hydrogen-bond acceptors (Lipinski definition) is 5. The molecule has 0 atom stereocenters. The maximum absolute atomic E-state index is 13.2. The summed E-state index contributed by atoms with van der Waals surface area (Å²) in [5, 5.41) is 4.79. The highest BCUT2D eigenvalue weighted by Gasteiger charge is 2.24. The van der Waals surface area contributed by atoms with E-state index < -0.39 is 15.4 Å². The number of benzene rings is 2. The van der Waals surface area contributed by atoms with Crippen LogP contribution < -0.4 is 10.3 Å². The Kier molecular flexibility index (Phi) is 5.19. The van der Waals surface area contributed by atoms with Gasteiger partial charge < -0.3 is 4.74 Å². The van der Waals surface area contributed by atoms with Gasteiger partial charge in [0.15, 0.2) is 15.6 Å². The van der Waals surface area contributed by atoms with Crippen molar-refractivity contribution in [3.8, 4) is 22.6 Å². The van der Waals surface area contributed by atoms with Crippen molar-refractivity contribution in [2.75, 3.05) is 12.9 Å². The standard InChI is InChI=1S/C21H19ClN2O4S/c1-29(26,27)18-9-7-15(8-10-18)19-12-23-24(17-4-2-3-16(22)11-17)21(25)20(19)28-13-14-5-6-14/h2-4,7-12,14H,5-6,13H2,1H3. The van der Waals surface area contributed by atoms with Gasteiger partial charge in [0, 0.05) is 16.8 Å². The quantitative estimate of drug-likeness (QED) is 0.595. The highest BCUT2D eigenvalue weighted by Crippen LogP contribution is 2.32. The Bertz CT molecular complexity index is 1220. The van der Waals surface area contributed by atoms with Crippen LogP contribution in [-0.2, 0) is 9.84 Å². The fourth-order valence-electron chi connectivity index (χ4n) is 2.94. The number of sulfone groups is 1. The Morgan fingerprint density at radius 1 is 1.17 bits per heavy atom. The maximum atomic E-state index is 13.2. The second-order valence-electron chi connectivity index (χ2n) is 7.14. The second-order valence-corrected chi connectivity index (χ2v) is 9.59. The van der Waals surface area contributed by atoms with Gasteiger partial charge in [0.1, 0.15) is 0 Å². The molecule has 1 aromatic heterocycles. The molecule has 0 unspecified atom stereocenters. The number of aromatic nitrogens is 2. The van der Waals surface area contributed by atoms with Crippen LogP contribution in [0, 0.1) is 5.92 Å². The minimum absolute atomic E-state index is 0.194. The molecule has 1 aliphatic carbocycles. The highest BCUT2D eigenvalue weighted by molar-refractivity contribution is 7.90. The summed E-state index contributed by atoms with van der Waals surface area (Å²) in [5.74, 6) is 0.654. The fraction of sp³-hybridized carbons (Fsp3) is 0.238.